The lowest BCUT2D eigenvalue weighted by molar-refractivity contribution is -0.140. The zero-order valence-electron chi connectivity index (χ0n) is 16.2. The minimum absolute atomic E-state index is 0.0721. The van der Waals surface area contributed by atoms with E-state index in [9.17, 15) is 13.6 Å². The SMILES string of the molecule is N#Cc1ccc(N2C[C@H]3C[C@@H]2CN3C(=O)COC2(c3ccc(F)c(F)c3)CC2)nc1. The van der Waals surface area contributed by atoms with Crippen molar-refractivity contribution in [1.29, 1.82) is 5.26 Å². The summed E-state index contributed by atoms with van der Waals surface area (Å²) < 4.78 is 32.7. The highest BCUT2D eigenvalue weighted by Crippen LogP contribution is 2.49. The summed E-state index contributed by atoms with van der Waals surface area (Å²) in [5, 5.41) is 8.91. The summed E-state index contributed by atoms with van der Waals surface area (Å²) in [4.78, 5) is 21.2. The van der Waals surface area contributed by atoms with Gasteiger partial charge in [0.25, 0.3) is 0 Å². The Kier molecular flexibility index (Phi) is 4.44. The van der Waals surface area contributed by atoms with Gasteiger partial charge in [-0.2, -0.15) is 5.26 Å². The van der Waals surface area contributed by atoms with Crippen molar-refractivity contribution in [2.75, 3.05) is 24.6 Å². The fourth-order valence-electron chi connectivity index (χ4n) is 4.57. The lowest BCUT2D eigenvalue weighted by Gasteiger charge is -2.35. The first kappa shape index (κ1) is 18.9. The Bertz CT molecular complexity index is 1030. The number of pyridine rings is 1. The minimum atomic E-state index is -0.901. The van der Waals surface area contributed by atoms with Gasteiger partial charge in [-0.1, -0.05) is 6.07 Å². The summed E-state index contributed by atoms with van der Waals surface area (Å²) >= 11 is 0. The Morgan fingerprint density at radius 2 is 2.03 bits per heavy atom. The van der Waals surface area contributed by atoms with Crippen LogP contribution in [-0.2, 0) is 15.1 Å². The molecule has 6 nitrogen and oxygen atoms in total. The van der Waals surface area contributed by atoms with E-state index in [2.05, 4.69) is 16.0 Å². The number of carbonyl (C=O) groups excluding carboxylic acids is 1. The first-order chi connectivity index (χ1) is 14.5. The van der Waals surface area contributed by atoms with Gasteiger partial charge in [0, 0.05) is 19.3 Å². The number of rotatable bonds is 5. The number of fused-ring (bicyclic) bond motifs is 2. The quantitative estimate of drug-likeness (QED) is 0.758. The summed E-state index contributed by atoms with van der Waals surface area (Å²) in [6.07, 6.45) is 3.82. The van der Waals surface area contributed by atoms with Crippen molar-refractivity contribution in [3.63, 3.8) is 0 Å². The van der Waals surface area contributed by atoms with Crippen LogP contribution in [-0.4, -0.2) is 47.6 Å². The van der Waals surface area contributed by atoms with Crippen molar-refractivity contribution in [3.8, 4) is 6.07 Å². The van der Waals surface area contributed by atoms with E-state index in [1.807, 2.05) is 11.0 Å². The third kappa shape index (κ3) is 3.19. The molecule has 1 aliphatic carbocycles. The molecule has 2 aromatic rings. The van der Waals surface area contributed by atoms with Gasteiger partial charge in [0.1, 0.15) is 18.5 Å². The van der Waals surface area contributed by atoms with Crippen LogP contribution in [0.4, 0.5) is 14.6 Å². The molecule has 1 aromatic heterocycles. The maximum Gasteiger partial charge on any atom is 0.248 e. The number of piperazine rings is 1. The molecule has 0 spiro atoms. The average Bonchev–Trinajstić information content (AvgIpc) is 3.28. The van der Waals surface area contributed by atoms with Gasteiger partial charge in [0.05, 0.1) is 23.2 Å². The Morgan fingerprint density at radius 3 is 2.63 bits per heavy atom. The van der Waals surface area contributed by atoms with Crippen molar-refractivity contribution in [3.05, 3.63) is 59.3 Å². The van der Waals surface area contributed by atoms with E-state index in [0.29, 0.717) is 37.1 Å². The largest absolute Gasteiger partial charge is 0.360 e. The van der Waals surface area contributed by atoms with E-state index in [-0.39, 0.29) is 24.6 Å². The van der Waals surface area contributed by atoms with Crippen molar-refractivity contribution < 1.29 is 18.3 Å². The second kappa shape index (κ2) is 7.03. The van der Waals surface area contributed by atoms with Crippen LogP contribution in [0, 0.1) is 23.0 Å². The number of aromatic nitrogens is 1. The molecule has 1 aromatic carbocycles. The number of hydrogen-bond donors (Lipinski definition) is 0. The topological polar surface area (TPSA) is 69.5 Å². The lowest BCUT2D eigenvalue weighted by Crippen LogP contribution is -2.50. The highest BCUT2D eigenvalue weighted by Gasteiger charge is 2.49. The van der Waals surface area contributed by atoms with Gasteiger partial charge >= 0.3 is 0 Å². The van der Waals surface area contributed by atoms with Crippen LogP contribution in [0.2, 0.25) is 0 Å². The van der Waals surface area contributed by atoms with Crippen molar-refractivity contribution in [2.45, 2.75) is 36.9 Å². The molecule has 0 N–H and O–H groups in total. The maximum atomic E-state index is 13.6. The number of nitriles is 1. The van der Waals surface area contributed by atoms with Crippen LogP contribution in [0.3, 0.4) is 0 Å². The summed E-state index contributed by atoms with van der Waals surface area (Å²) in [7, 11) is 0. The Labute approximate surface area is 172 Å². The summed E-state index contributed by atoms with van der Waals surface area (Å²) in [5.41, 5.74) is 0.420. The van der Waals surface area contributed by atoms with Crippen LogP contribution in [0.25, 0.3) is 0 Å². The Morgan fingerprint density at radius 1 is 1.20 bits per heavy atom. The van der Waals surface area contributed by atoms with Gasteiger partial charge < -0.3 is 14.5 Å². The molecule has 3 heterocycles. The number of nitrogens with zero attached hydrogens (tertiary/aromatic N) is 4. The predicted molar refractivity (Wildman–Crippen MR) is 103 cm³/mol. The first-order valence-corrected chi connectivity index (χ1v) is 10.0. The summed E-state index contributed by atoms with van der Waals surface area (Å²) in [5.74, 6) is -1.05. The molecule has 1 saturated carbocycles. The van der Waals surface area contributed by atoms with Crippen molar-refractivity contribution in [1.82, 2.24) is 9.88 Å². The van der Waals surface area contributed by atoms with Crippen LogP contribution < -0.4 is 4.90 Å². The van der Waals surface area contributed by atoms with E-state index in [4.69, 9.17) is 10.00 Å². The number of hydrogen-bond acceptors (Lipinski definition) is 5. The summed E-state index contributed by atoms with van der Waals surface area (Å²) in [6.45, 7) is 1.23. The number of benzene rings is 1. The van der Waals surface area contributed by atoms with Crippen molar-refractivity contribution in [2.24, 2.45) is 0 Å². The second-order valence-corrected chi connectivity index (χ2v) is 8.17. The van der Waals surface area contributed by atoms with E-state index < -0.39 is 17.2 Å². The van der Waals surface area contributed by atoms with E-state index in [1.54, 1.807) is 12.3 Å². The second-order valence-electron chi connectivity index (χ2n) is 8.17. The molecule has 2 aliphatic heterocycles. The smallest absolute Gasteiger partial charge is 0.248 e. The molecule has 3 aliphatic rings. The molecular formula is C22H20F2N4O2. The third-order valence-corrected chi connectivity index (χ3v) is 6.35. The average molecular weight is 410 g/mol. The van der Waals surface area contributed by atoms with E-state index >= 15 is 0 Å². The number of anilines is 1. The molecule has 3 fully saturated rings. The molecule has 0 unspecified atom stereocenters. The zero-order valence-corrected chi connectivity index (χ0v) is 16.2. The minimum Gasteiger partial charge on any atom is -0.360 e. The standard InChI is InChI=1S/C22H20F2N4O2/c23-18-3-2-15(7-19(18)24)22(5-6-22)30-13-21(29)28-12-16-8-17(28)11-27(16)20-4-1-14(9-25)10-26-20/h1-4,7,10,16-17H,5-6,8,11-13H2/t16-,17-/m1/s1. The van der Waals surface area contributed by atoms with Gasteiger partial charge in [0.15, 0.2) is 11.6 Å². The summed E-state index contributed by atoms with van der Waals surface area (Å²) in [6, 6.07) is 9.73. The molecule has 0 radical (unpaired) electrons. The molecule has 2 bridgehead atoms. The van der Waals surface area contributed by atoms with Crippen LogP contribution in [0.5, 0.6) is 0 Å². The van der Waals surface area contributed by atoms with Gasteiger partial charge in [-0.15, -0.1) is 0 Å². The fraction of sp³-hybridized carbons (Fsp3) is 0.409. The predicted octanol–water partition coefficient (Wildman–Crippen LogP) is 2.73. The number of carbonyl (C=O) groups is 1. The lowest BCUT2D eigenvalue weighted by atomic mass is 10.1. The van der Waals surface area contributed by atoms with Gasteiger partial charge in [-0.25, -0.2) is 13.8 Å². The Hall–Kier alpha value is -3.05. The monoisotopic (exact) mass is 410 g/mol. The molecular weight excluding hydrogens is 390 g/mol. The first-order valence-electron chi connectivity index (χ1n) is 10.0. The number of likely N-dealkylation sites (tertiary alicyclic amines) is 1. The van der Waals surface area contributed by atoms with E-state index in [1.165, 1.54) is 6.07 Å². The van der Waals surface area contributed by atoms with Gasteiger partial charge in [-0.3, -0.25) is 4.79 Å². The molecule has 2 saturated heterocycles. The normalized spacial score (nSPS) is 23.5. The maximum absolute atomic E-state index is 13.6. The molecule has 30 heavy (non-hydrogen) atoms. The fourth-order valence-corrected chi connectivity index (χ4v) is 4.57. The van der Waals surface area contributed by atoms with Gasteiger partial charge in [-0.05, 0) is 49.1 Å². The molecule has 154 valence electrons. The third-order valence-electron chi connectivity index (χ3n) is 6.35. The van der Waals surface area contributed by atoms with Gasteiger partial charge in [0.2, 0.25) is 5.91 Å². The highest BCUT2D eigenvalue weighted by atomic mass is 19.2. The molecule has 1 amide bonds. The number of amides is 1. The van der Waals surface area contributed by atoms with Crippen LogP contribution in [0.1, 0.15) is 30.4 Å². The number of halogens is 2. The van der Waals surface area contributed by atoms with Crippen LogP contribution in [0.15, 0.2) is 36.5 Å². The zero-order chi connectivity index (χ0) is 20.9. The highest BCUT2D eigenvalue weighted by molar-refractivity contribution is 5.79. The molecule has 8 heteroatoms. The Balaban J connectivity index is 1.20. The number of ether oxygens (including phenoxy) is 1. The van der Waals surface area contributed by atoms with Crippen LogP contribution >= 0.6 is 0 Å². The van der Waals surface area contributed by atoms with E-state index in [0.717, 1.165) is 24.4 Å². The van der Waals surface area contributed by atoms with Crippen molar-refractivity contribution >= 4 is 11.7 Å². The molecule has 5 rings (SSSR count). The molecule has 2 atom stereocenters.